The lowest BCUT2D eigenvalue weighted by atomic mass is 10.2. The summed E-state index contributed by atoms with van der Waals surface area (Å²) in [5.41, 5.74) is 1.90. The minimum atomic E-state index is 0.729. The Labute approximate surface area is 160 Å². The summed E-state index contributed by atoms with van der Waals surface area (Å²) in [6, 6.07) is 19.1. The van der Waals surface area contributed by atoms with Crippen LogP contribution in [0.5, 0.6) is 0 Å². The van der Waals surface area contributed by atoms with Gasteiger partial charge in [0, 0.05) is 5.56 Å². The van der Waals surface area contributed by atoms with Crippen molar-refractivity contribution in [3.63, 3.8) is 0 Å². The molecule has 0 aliphatic carbocycles. The van der Waals surface area contributed by atoms with Crippen molar-refractivity contribution in [2.45, 2.75) is 40.0 Å². The first-order valence-corrected chi connectivity index (χ1v) is 9.09. The summed E-state index contributed by atoms with van der Waals surface area (Å²) < 4.78 is 0. The molecule has 0 atom stereocenters. The number of rotatable bonds is 5. The van der Waals surface area contributed by atoms with E-state index in [0.29, 0.717) is 0 Å². The Morgan fingerprint density at radius 3 is 1.50 bits per heavy atom. The molecule has 1 nitrogen and oxygen atoms in total. The topological polar surface area (TPSA) is 17.1 Å². The molecular weight excluding hydrogens is 316 g/mol. The average molecular weight is 351 g/mol. The summed E-state index contributed by atoms with van der Waals surface area (Å²) >= 11 is 0. The van der Waals surface area contributed by atoms with Crippen LogP contribution >= 0.6 is 0 Å². The average Bonchev–Trinajstić information content (AvgIpc) is 2.72. The zero-order valence-corrected chi connectivity index (χ0v) is 16.6. The molecule has 2 aromatic carbocycles. The molecule has 0 saturated carbocycles. The fraction of sp³-hybridized carbons (Fsp3) is 0.240. The van der Waals surface area contributed by atoms with Gasteiger partial charge in [-0.05, 0) is 25.3 Å². The second kappa shape index (κ2) is 22.3. The van der Waals surface area contributed by atoms with Crippen molar-refractivity contribution in [1.29, 1.82) is 0 Å². The van der Waals surface area contributed by atoms with E-state index >= 15 is 0 Å². The van der Waals surface area contributed by atoms with Crippen molar-refractivity contribution in [1.82, 2.24) is 0 Å². The van der Waals surface area contributed by atoms with E-state index in [2.05, 4.69) is 39.2 Å². The van der Waals surface area contributed by atoms with Crippen molar-refractivity contribution in [3.8, 4) is 0 Å². The monoisotopic (exact) mass is 350 g/mol. The van der Waals surface area contributed by atoms with Crippen LogP contribution < -0.4 is 0 Å². The number of hydrogen-bond acceptors (Lipinski definition) is 1. The summed E-state index contributed by atoms with van der Waals surface area (Å²) in [6.07, 6.45) is 12.3. The molecule has 0 aliphatic rings. The predicted octanol–water partition coefficient (Wildman–Crippen LogP) is 7.77. The van der Waals surface area contributed by atoms with Gasteiger partial charge in [0.05, 0.1) is 0 Å². The SMILES string of the molecule is C/C=C/CC.C=CCCC.C=Cc1ccccc1.O=Cc1ccccc1. The van der Waals surface area contributed by atoms with Gasteiger partial charge in [-0.15, -0.1) is 6.58 Å². The zero-order chi connectivity index (χ0) is 19.9. The maximum Gasteiger partial charge on any atom is 0.150 e. The van der Waals surface area contributed by atoms with Gasteiger partial charge in [0.15, 0.2) is 0 Å². The molecule has 0 heterocycles. The van der Waals surface area contributed by atoms with Gasteiger partial charge in [-0.3, -0.25) is 4.79 Å². The first-order chi connectivity index (χ1) is 12.7. The van der Waals surface area contributed by atoms with E-state index in [0.717, 1.165) is 24.7 Å². The van der Waals surface area contributed by atoms with E-state index in [9.17, 15) is 4.79 Å². The number of allylic oxidation sites excluding steroid dienone is 3. The van der Waals surface area contributed by atoms with E-state index in [-0.39, 0.29) is 0 Å². The van der Waals surface area contributed by atoms with Gasteiger partial charge >= 0.3 is 0 Å². The Morgan fingerprint density at radius 1 is 0.846 bits per heavy atom. The minimum absolute atomic E-state index is 0.729. The highest BCUT2D eigenvalue weighted by molar-refractivity contribution is 5.74. The highest BCUT2D eigenvalue weighted by atomic mass is 16.1. The van der Waals surface area contributed by atoms with E-state index in [1.54, 1.807) is 12.1 Å². The maximum atomic E-state index is 10.0. The van der Waals surface area contributed by atoms with Crippen LogP contribution in [0.25, 0.3) is 6.08 Å². The smallest absolute Gasteiger partial charge is 0.150 e. The first-order valence-electron chi connectivity index (χ1n) is 9.09. The summed E-state index contributed by atoms with van der Waals surface area (Å²) in [4.78, 5) is 10.0. The molecule has 1 heteroatoms. The van der Waals surface area contributed by atoms with Crippen LogP contribution in [0.2, 0.25) is 0 Å². The molecule has 0 radical (unpaired) electrons. The number of aldehydes is 1. The van der Waals surface area contributed by atoms with Crippen LogP contribution in [0, 0.1) is 0 Å². The summed E-state index contributed by atoms with van der Waals surface area (Å²) in [5.74, 6) is 0. The second-order valence-electron chi connectivity index (χ2n) is 5.20. The molecule has 2 rings (SSSR count). The molecule has 0 aromatic heterocycles. The van der Waals surface area contributed by atoms with Gasteiger partial charge in [-0.25, -0.2) is 0 Å². The van der Waals surface area contributed by atoms with Crippen LogP contribution in [0.1, 0.15) is 56.0 Å². The summed E-state index contributed by atoms with van der Waals surface area (Å²) in [7, 11) is 0. The van der Waals surface area contributed by atoms with E-state index in [4.69, 9.17) is 0 Å². The Bertz CT molecular complexity index is 524. The molecule has 0 spiro atoms. The third-order valence-corrected chi connectivity index (χ3v) is 2.94. The summed E-state index contributed by atoms with van der Waals surface area (Å²) in [6.45, 7) is 13.5. The van der Waals surface area contributed by atoms with E-state index < -0.39 is 0 Å². The fourth-order valence-electron chi connectivity index (χ4n) is 1.56. The maximum absolute atomic E-state index is 10.0. The predicted molar refractivity (Wildman–Crippen MR) is 119 cm³/mol. The van der Waals surface area contributed by atoms with Gasteiger partial charge in [0.2, 0.25) is 0 Å². The highest BCUT2D eigenvalue weighted by Gasteiger charge is 1.80. The second-order valence-corrected chi connectivity index (χ2v) is 5.20. The van der Waals surface area contributed by atoms with Crippen LogP contribution in [0.3, 0.4) is 0 Å². The Hall–Kier alpha value is -2.67. The normalized spacial score (nSPS) is 8.58. The molecule has 0 amide bonds. The minimum Gasteiger partial charge on any atom is -0.298 e. The molecule has 0 aliphatic heterocycles. The number of unbranched alkanes of at least 4 members (excludes halogenated alkanes) is 1. The molecule has 0 N–H and O–H groups in total. The van der Waals surface area contributed by atoms with Crippen molar-refractivity contribution in [2.75, 3.05) is 0 Å². The number of hydrogen-bond donors (Lipinski definition) is 0. The third kappa shape index (κ3) is 19.4. The Morgan fingerprint density at radius 2 is 1.35 bits per heavy atom. The molecule has 0 fully saturated rings. The van der Waals surface area contributed by atoms with E-state index in [1.807, 2.05) is 67.6 Å². The molecule has 2 aromatic rings. The number of carbonyl (C=O) groups excluding carboxylic acids is 1. The fourth-order valence-corrected chi connectivity index (χ4v) is 1.56. The molecular formula is C25H34O. The van der Waals surface area contributed by atoms with Crippen molar-refractivity contribution >= 4 is 12.4 Å². The van der Waals surface area contributed by atoms with Crippen molar-refractivity contribution in [2.24, 2.45) is 0 Å². The van der Waals surface area contributed by atoms with Crippen LogP contribution in [0.4, 0.5) is 0 Å². The first kappa shape index (κ1) is 25.6. The van der Waals surface area contributed by atoms with Gasteiger partial charge < -0.3 is 0 Å². The van der Waals surface area contributed by atoms with E-state index in [1.165, 1.54) is 12.0 Å². The highest BCUT2D eigenvalue weighted by Crippen LogP contribution is 1.97. The molecule has 26 heavy (non-hydrogen) atoms. The largest absolute Gasteiger partial charge is 0.298 e. The lowest BCUT2D eigenvalue weighted by molar-refractivity contribution is 0.112. The van der Waals surface area contributed by atoms with Crippen molar-refractivity contribution in [3.05, 3.63) is 103 Å². The quantitative estimate of drug-likeness (QED) is 0.397. The standard InChI is InChI=1S/C8H8.C7H6O.2C5H10/c1-2-8-6-4-3-5-7-8;8-6-7-4-2-1-3-5-7;2*1-3-5-4-2/h2-7H,1H2;1-6H;3,5H,4H2,1-2H3;3H,1,4-5H2,2H3/b;;5-3+;. The molecule has 140 valence electrons. The lowest BCUT2D eigenvalue weighted by Gasteiger charge is -1.85. The van der Waals surface area contributed by atoms with Gasteiger partial charge in [-0.1, -0.05) is 112 Å². The molecule has 0 unspecified atom stereocenters. The zero-order valence-electron chi connectivity index (χ0n) is 16.6. The van der Waals surface area contributed by atoms with Gasteiger partial charge in [0.25, 0.3) is 0 Å². The Balaban J connectivity index is 0. The Kier molecular flexibility index (Phi) is 22.0. The molecule has 0 bridgehead atoms. The third-order valence-electron chi connectivity index (χ3n) is 2.94. The summed E-state index contributed by atoms with van der Waals surface area (Å²) in [5, 5.41) is 0. The van der Waals surface area contributed by atoms with Crippen LogP contribution in [-0.2, 0) is 0 Å². The van der Waals surface area contributed by atoms with Crippen LogP contribution in [-0.4, -0.2) is 6.29 Å². The van der Waals surface area contributed by atoms with Gasteiger partial charge in [0.1, 0.15) is 6.29 Å². The number of carbonyl (C=O) groups is 1. The lowest BCUT2D eigenvalue weighted by Crippen LogP contribution is -1.73. The number of benzene rings is 2. The van der Waals surface area contributed by atoms with Crippen LogP contribution in [0.15, 0.2) is 92.0 Å². The molecule has 0 saturated heterocycles. The van der Waals surface area contributed by atoms with Crippen molar-refractivity contribution < 1.29 is 4.79 Å². The van der Waals surface area contributed by atoms with Gasteiger partial charge in [-0.2, -0.15) is 0 Å².